The Bertz CT molecular complexity index is 1560. The lowest BCUT2D eigenvalue weighted by atomic mass is 10.0. The zero-order valence-electron chi connectivity index (χ0n) is 18.5. The Kier molecular flexibility index (Phi) is 4.47. The van der Waals surface area contributed by atoms with E-state index in [1.54, 1.807) is 10.9 Å². The van der Waals surface area contributed by atoms with Crippen LogP contribution < -0.4 is 21.5 Å². The molecule has 1 aliphatic rings. The van der Waals surface area contributed by atoms with E-state index in [9.17, 15) is 4.79 Å². The molecule has 5 aromatic rings. The number of nitrogen functional groups attached to an aromatic ring is 1. The molecule has 1 amide bonds. The topological polar surface area (TPSA) is 150 Å². The number of benzene rings is 2. The second-order valence-corrected chi connectivity index (χ2v) is 8.32. The van der Waals surface area contributed by atoms with E-state index in [-0.39, 0.29) is 6.01 Å². The van der Waals surface area contributed by atoms with E-state index in [0.717, 1.165) is 44.7 Å². The Hall–Kier alpha value is -4.47. The van der Waals surface area contributed by atoms with Crippen LogP contribution in [0.5, 0.6) is 5.75 Å². The molecule has 10 heteroatoms. The second kappa shape index (κ2) is 7.55. The van der Waals surface area contributed by atoms with Gasteiger partial charge in [0.1, 0.15) is 23.9 Å². The molecule has 0 spiro atoms. The van der Waals surface area contributed by atoms with Crippen LogP contribution in [-0.4, -0.2) is 38.8 Å². The van der Waals surface area contributed by atoms with Crippen LogP contribution >= 0.6 is 0 Å². The minimum atomic E-state index is -0.483. The van der Waals surface area contributed by atoms with Crippen molar-refractivity contribution in [3.05, 3.63) is 42.7 Å². The summed E-state index contributed by atoms with van der Waals surface area (Å²) in [6.07, 6.45) is 4.15. The molecule has 0 radical (unpaired) electrons. The van der Waals surface area contributed by atoms with Crippen LogP contribution in [0.2, 0.25) is 0 Å². The van der Waals surface area contributed by atoms with E-state index in [1.165, 1.54) is 0 Å². The van der Waals surface area contributed by atoms with Crippen LogP contribution in [0.3, 0.4) is 0 Å². The lowest BCUT2D eigenvalue weighted by Gasteiger charge is -2.10. The predicted octanol–water partition coefficient (Wildman–Crippen LogP) is 3.66. The van der Waals surface area contributed by atoms with Gasteiger partial charge in [-0.25, -0.2) is 0 Å². The molecule has 0 fully saturated rings. The molecule has 0 aliphatic carbocycles. The van der Waals surface area contributed by atoms with Gasteiger partial charge in [-0.2, -0.15) is 10.1 Å². The number of carbonyl (C=O) groups is 1. The summed E-state index contributed by atoms with van der Waals surface area (Å²) in [6, 6.07) is 9.50. The monoisotopic (exact) mass is 457 g/mol. The number of nitrogens with two attached hydrogens (primary N) is 2. The van der Waals surface area contributed by atoms with E-state index in [1.807, 2.05) is 37.4 Å². The molecular formula is C24H23N7O3. The summed E-state index contributed by atoms with van der Waals surface area (Å²) in [4.78, 5) is 19.6. The molecule has 2 aromatic carbocycles. The van der Waals surface area contributed by atoms with Crippen molar-refractivity contribution >= 4 is 39.6 Å². The van der Waals surface area contributed by atoms with Crippen molar-refractivity contribution in [2.75, 3.05) is 24.2 Å². The fraction of sp³-hybridized carbons (Fsp3) is 0.208. The summed E-state index contributed by atoms with van der Waals surface area (Å²) in [5, 5.41) is 8.85. The van der Waals surface area contributed by atoms with Crippen molar-refractivity contribution in [2.24, 2.45) is 5.73 Å². The van der Waals surface area contributed by atoms with Crippen LogP contribution in [0.1, 0.15) is 19.4 Å². The van der Waals surface area contributed by atoms with Gasteiger partial charge in [0.15, 0.2) is 5.58 Å². The number of rotatable bonds is 5. The number of anilines is 2. The molecule has 0 unspecified atom stereocenters. The number of hydrogen-bond acceptors (Lipinski definition) is 7. The maximum atomic E-state index is 11.8. The highest BCUT2D eigenvalue weighted by Gasteiger charge is 2.22. The Morgan fingerprint density at radius 2 is 2.12 bits per heavy atom. The van der Waals surface area contributed by atoms with Crippen LogP contribution in [0.25, 0.3) is 44.4 Å². The number of H-pyrrole nitrogens is 1. The molecule has 3 aromatic heterocycles. The molecule has 10 nitrogen and oxygen atoms in total. The van der Waals surface area contributed by atoms with Gasteiger partial charge in [-0.1, -0.05) is 6.92 Å². The minimum absolute atomic E-state index is 0.141. The Balaban J connectivity index is 1.49. The highest BCUT2D eigenvalue weighted by atomic mass is 16.5. The van der Waals surface area contributed by atoms with Gasteiger partial charge in [-0.05, 0) is 42.3 Å². The highest BCUT2D eigenvalue weighted by molar-refractivity contribution is 6.07. The summed E-state index contributed by atoms with van der Waals surface area (Å²) in [7, 11) is 0. The third kappa shape index (κ3) is 3.14. The molecule has 34 heavy (non-hydrogen) atoms. The number of carbonyl (C=O) groups excluding carboxylic acids is 1. The number of oxazole rings is 1. The van der Waals surface area contributed by atoms with Crippen LogP contribution in [0.4, 0.5) is 11.7 Å². The van der Waals surface area contributed by atoms with Crippen LogP contribution in [0.15, 0.2) is 47.1 Å². The molecule has 0 bridgehead atoms. The van der Waals surface area contributed by atoms with Gasteiger partial charge in [0, 0.05) is 23.9 Å². The SMILES string of the molecule is CC[C@H](C(N)=O)n1cc(-c2cc3c4c(c(-c5ccc6oc(N)nc6c5)[nH]c4c2)NCCO3)cn1. The van der Waals surface area contributed by atoms with Gasteiger partial charge in [-0.3, -0.25) is 9.48 Å². The smallest absolute Gasteiger partial charge is 0.292 e. The molecule has 1 aliphatic heterocycles. The van der Waals surface area contributed by atoms with E-state index in [0.29, 0.717) is 30.7 Å². The van der Waals surface area contributed by atoms with Gasteiger partial charge >= 0.3 is 0 Å². The Morgan fingerprint density at radius 1 is 1.24 bits per heavy atom. The molecule has 0 saturated heterocycles. The largest absolute Gasteiger partial charge is 0.491 e. The van der Waals surface area contributed by atoms with E-state index in [4.69, 9.17) is 20.6 Å². The summed E-state index contributed by atoms with van der Waals surface area (Å²) < 4.78 is 13.1. The normalized spacial score (nSPS) is 14.0. The fourth-order valence-electron chi connectivity index (χ4n) is 4.58. The number of fused-ring (bicyclic) bond motifs is 1. The maximum absolute atomic E-state index is 11.8. The van der Waals surface area contributed by atoms with E-state index >= 15 is 0 Å². The van der Waals surface area contributed by atoms with Gasteiger partial charge in [-0.15, -0.1) is 0 Å². The van der Waals surface area contributed by atoms with Gasteiger partial charge in [0.25, 0.3) is 6.01 Å². The van der Waals surface area contributed by atoms with Gasteiger partial charge < -0.3 is 30.9 Å². The van der Waals surface area contributed by atoms with Crippen molar-refractivity contribution in [3.63, 3.8) is 0 Å². The quantitative estimate of drug-likeness (QED) is 0.314. The first-order valence-corrected chi connectivity index (χ1v) is 11.1. The minimum Gasteiger partial charge on any atom is -0.491 e. The number of aromatic amines is 1. The number of ether oxygens (including phenoxy) is 1. The first-order chi connectivity index (χ1) is 16.5. The third-order valence-electron chi connectivity index (χ3n) is 6.19. The summed E-state index contributed by atoms with van der Waals surface area (Å²) in [6.45, 7) is 3.10. The first-order valence-electron chi connectivity index (χ1n) is 11.1. The average molecular weight is 457 g/mol. The molecule has 4 heterocycles. The Morgan fingerprint density at radius 3 is 2.94 bits per heavy atom. The molecule has 6 rings (SSSR count). The van der Waals surface area contributed by atoms with Crippen LogP contribution in [0, 0.1) is 0 Å². The standard InChI is InChI=1S/C24H23N7O3/c1-2-17(23(25)32)31-11-14(10-28-31)13-8-16-20-19(9-13)33-6-5-27-22(20)21(29-16)12-3-4-18-15(7-12)30-24(26)34-18/h3-4,7-11,17,27,29H,2,5-6H2,1H3,(H2,25,32)(H2,26,30)/t17-/m1/s1. The summed E-state index contributed by atoms with van der Waals surface area (Å²) in [5.74, 6) is 0.370. The second-order valence-electron chi connectivity index (χ2n) is 8.32. The van der Waals surface area contributed by atoms with Crippen molar-refractivity contribution in [1.29, 1.82) is 0 Å². The number of aromatic nitrogens is 4. The molecule has 0 saturated carbocycles. The van der Waals surface area contributed by atoms with E-state index in [2.05, 4.69) is 26.4 Å². The number of nitrogens with one attached hydrogen (secondary N) is 2. The van der Waals surface area contributed by atoms with Crippen molar-refractivity contribution in [1.82, 2.24) is 19.7 Å². The van der Waals surface area contributed by atoms with Crippen molar-refractivity contribution in [2.45, 2.75) is 19.4 Å². The predicted molar refractivity (Wildman–Crippen MR) is 129 cm³/mol. The fourth-order valence-corrected chi connectivity index (χ4v) is 4.58. The first kappa shape index (κ1) is 20.2. The Labute approximate surface area is 193 Å². The molecule has 172 valence electrons. The lowest BCUT2D eigenvalue weighted by Crippen LogP contribution is -2.26. The van der Waals surface area contributed by atoms with E-state index < -0.39 is 11.9 Å². The number of primary amides is 1. The van der Waals surface area contributed by atoms with Crippen molar-refractivity contribution < 1.29 is 13.9 Å². The summed E-state index contributed by atoms with van der Waals surface area (Å²) in [5.41, 5.74) is 18.2. The number of hydrogen-bond donors (Lipinski definition) is 4. The van der Waals surface area contributed by atoms with Crippen molar-refractivity contribution in [3.8, 4) is 28.1 Å². The lowest BCUT2D eigenvalue weighted by molar-refractivity contribution is -0.121. The number of nitrogens with zero attached hydrogens (tertiary/aromatic N) is 3. The highest BCUT2D eigenvalue weighted by Crippen LogP contribution is 2.44. The maximum Gasteiger partial charge on any atom is 0.292 e. The zero-order valence-corrected chi connectivity index (χ0v) is 18.5. The molecule has 1 atom stereocenters. The average Bonchev–Trinajstić information content (AvgIpc) is 3.48. The number of amides is 1. The zero-order chi connectivity index (χ0) is 23.4. The third-order valence-corrected chi connectivity index (χ3v) is 6.19. The molecular weight excluding hydrogens is 434 g/mol. The molecule has 6 N–H and O–H groups in total. The summed E-state index contributed by atoms with van der Waals surface area (Å²) >= 11 is 0. The van der Waals surface area contributed by atoms with Gasteiger partial charge in [0.05, 0.1) is 28.5 Å². The van der Waals surface area contributed by atoms with Gasteiger partial charge in [0.2, 0.25) is 5.91 Å². The van der Waals surface area contributed by atoms with Crippen LogP contribution in [-0.2, 0) is 4.79 Å².